The Balaban J connectivity index is 1.39. The summed E-state index contributed by atoms with van der Waals surface area (Å²) >= 11 is 2.54. The number of anilines is 1. The van der Waals surface area contributed by atoms with Crippen LogP contribution >= 0.6 is 23.1 Å². The first-order chi connectivity index (χ1) is 20.8. The van der Waals surface area contributed by atoms with Crippen LogP contribution in [0.4, 0.5) is 9.52 Å². The van der Waals surface area contributed by atoms with Gasteiger partial charge in [0.15, 0.2) is 4.34 Å². The number of carbonyl (C=O) groups excluding carboxylic acids is 2. The first-order valence-corrected chi connectivity index (χ1v) is 15.3. The molecule has 3 heterocycles. The van der Waals surface area contributed by atoms with Crippen LogP contribution in [0.3, 0.4) is 0 Å². The highest BCUT2D eigenvalue weighted by Gasteiger charge is 2.48. The van der Waals surface area contributed by atoms with Crippen molar-refractivity contribution < 1.29 is 28.6 Å². The molecule has 0 radical (unpaired) electrons. The van der Waals surface area contributed by atoms with Crippen LogP contribution in [-0.4, -0.2) is 39.7 Å². The van der Waals surface area contributed by atoms with Gasteiger partial charge >= 0.3 is 5.91 Å². The molecule has 0 unspecified atom stereocenters. The third-order valence-electron chi connectivity index (χ3n) is 7.03. The summed E-state index contributed by atoms with van der Waals surface area (Å²) in [5.41, 5.74) is 2.71. The second-order valence-electron chi connectivity index (χ2n) is 10.1. The molecule has 218 valence electrons. The van der Waals surface area contributed by atoms with Crippen LogP contribution < -0.4 is 14.4 Å². The Labute approximate surface area is 255 Å². The van der Waals surface area contributed by atoms with E-state index < -0.39 is 17.7 Å². The maximum absolute atomic E-state index is 13.6. The average molecular weight is 616 g/mol. The fourth-order valence-corrected chi connectivity index (χ4v) is 6.91. The van der Waals surface area contributed by atoms with Gasteiger partial charge in [0.2, 0.25) is 5.13 Å². The molecule has 1 amide bonds. The summed E-state index contributed by atoms with van der Waals surface area (Å²) in [5, 5.41) is 20.3. The Morgan fingerprint density at radius 3 is 2.79 bits per heavy atom. The van der Waals surface area contributed by atoms with E-state index in [2.05, 4.69) is 16.8 Å². The van der Waals surface area contributed by atoms with Crippen molar-refractivity contribution in [3.8, 4) is 11.5 Å². The quantitative estimate of drug-likeness (QED) is 0.0570. The Morgan fingerprint density at radius 1 is 1.19 bits per heavy atom. The number of fused-ring (bicyclic) bond motifs is 1. The zero-order valence-electron chi connectivity index (χ0n) is 23.0. The molecule has 8 nitrogen and oxygen atoms in total. The van der Waals surface area contributed by atoms with Crippen molar-refractivity contribution in [2.75, 3.05) is 11.5 Å². The van der Waals surface area contributed by atoms with Crippen LogP contribution in [0, 0.1) is 5.82 Å². The lowest BCUT2D eigenvalue weighted by molar-refractivity contribution is -0.132. The molecule has 1 aromatic heterocycles. The number of Topliss-reactive ketones (excluding diaryl/α,β-unsaturated/α-hetero) is 1. The number of thioether (sulfide) groups is 1. The van der Waals surface area contributed by atoms with Gasteiger partial charge in [-0.15, -0.1) is 10.2 Å². The van der Waals surface area contributed by atoms with Gasteiger partial charge in [-0.1, -0.05) is 60.0 Å². The lowest BCUT2D eigenvalue weighted by Crippen LogP contribution is -2.29. The van der Waals surface area contributed by atoms with Crippen molar-refractivity contribution in [1.82, 2.24) is 10.2 Å². The predicted octanol–water partition coefficient (Wildman–Crippen LogP) is 6.48. The summed E-state index contributed by atoms with van der Waals surface area (Å²) in [6.45, 7) is 5.91. The molecule has 0 saturated carbocycles. The molecular formula is C32H26FN3O5S2. The fourth-order valence-electron chi connectivity index (χ4n) is 5.08. The van der Waals surface area contributed by atoms with E-state index in [-0.39, 0.29) is 35.0 Å². The molecule has 0 aliphatic carbocycles. The van der Waals surface area contributed by atoms with E-state index in [4.69, 9.17) is 9.47 Å². The number of carbonyl (C=O) groups is 2. The largest absolute Gasteiger partial charge is 0.507 e. The van der Waals surface area contributed by atoms with Gasteiger partial charge in [0.1, 0.15) is 35.8 Å². The number of halogens is 1. The number of amides is 1. The van der Waals surface area contributed by atoms with Gasteiger partial charge < -0.3 is 14.6 Å². The highest BCUT2D eigenvalue weighted by atomic mass is 32.2. The Hall–Kier alpha value is -4.48. The van der Waals surface area contributed by atoms with Crippen LogP contribution in [-0.2, 0) is 21.8 Å². The summed E-state index contributed by atoms with van der Waals surface area (Å²) in [6.07, 6.45) is 2.28. The van der Waals surface area contributed by atoms with Gasteiger partial charge in [-0.3, -0.25) is 14.5 Å². The Bertz CT molecular complexity index is 1750. The number of hydrogen-bond donors (Lipinski definition) is 1. The summed E-state index contributed by atoms with van der Waals surface area (Å²) in [5.74, 6) is -0.508. The molecule has 2 atom stereocenters. The minimum atomic E-state index is -0.987. The van der Waals surface area contributed by atoms with Crippen molar-refractivity contribution >= 4 is 45.7 Å². The summed E-state index contributed by atoms with van der Waals surface area (Å²) < 4.78 is 25.4. The molecular weight excluding hydrogens is 590 g/mol. The number of aliphatic hydroxyl groups is 1. The number of hydrogen-bond acceptors (Lipinski definition) is 9. The second kappa shape index (κ2) is 12.0. The number of aliphatic hydroxyl groups excluding tert-OH is 1. The number of benzene rings is 3. The summed E-state index contributed by atoms with van der Waals surface area (Å²) in [4.78, 5) is 28.5. The monoisotopic (exact) mass is 615 g/mol. The van der Waals surface area contributed by atoms with Crippen LogP contribution in [0.15, 0.2) is 89.3 Å². The van der Waals surface area contributed by atoms with Crippen molar-refractivity contribution in [2.24, 2.45) is 0 Å². The third kappa shape index (κ3) is 5.78. The lowest BCUT2D eigenvalue weighted by Gasteiger charge is -2.23. The standard InChI is InChI=1S/C32H26FN3O5S2/c1-3-13-40-24-6-4-5-20(16-24)27-26(28(37)21-9-12-25-22(15-21)14-18(2)41-25)29(38)30(39)36(27)31-34-35-32(43-31)42-17-19-7-10-23(33)11-8-19/h3-12,15-16,18,27,37H,1,13-14,17H2,2H3/b28-26+/t18-,27+/m0/s1. The van der Waals surface area contributed by atoms with E-state index in [1.165, 1.54) is 28.8 Å². The van der Waals surface area contributed by atoms with Crippen molar-refractivity contribution in [1.29, 1.82) is 0 Å². The molecule has 0 bridgehead atoms. The molecule has 6 rings (SSSR count). The zero-order chi connectivity index (χ0) is 30.1. The number of aromatic nitrogens is 2. The number of rotatable bonds is 9. The Kier molecular flexibility index (Phi) is 8.00. The molecule has 2 aliphatic heterocycles. The van der Waals surface area contributed by atoms with E-state index in [9.17, 15) is 19.1 Å². The summed E-state index contributed by atoms with van der Waals surface area (Å²) in [6, 6.07) is 17.4. The van der Waals surface area contributed by atoms with E-state index in [1.807, 2.05) is 6.92 Å². The third-order valence-corrected chi connectivity index (χ3v) is 9.16. The van der Waals surface area contributed by atoms with Gasteiger partial charge in [0.05, 0.1) is 11.6 Å². The first kappa shape index (κ1) is 28.6. The van der Waals surface area contributed by atoms with Gasteiger partial charge in [0.25, 0.3) is 5.78 Å². The second-order valence-corrected chi connectivity index (χ2v) is 12.2. The molecule has 1 N–H and O–H groups in total. The molecule has 43 heavy (non-hydrogen) atoms. The van der Waals surface area contributed by atoms with Crippen LogP contribution in [0.25, 0.3) is 5.76 Å². The first-order valence-electron chi connectivity index (χ1n) is 13.5. The van der Waals surface area contributed by atoms with E-state index in [1.54, 1.807) is 60.7 Å². The number of nitrogens with zero attached hydrogens (tertiary/aromatic N) is 3. The SMILES string of the molecule is C=CCOc1cccc([C@@H]2/C(=C(\O)c3ccc4c(c3)C[C@H](C)O4)C(=O)C(=O)N2c2nnc(SCc3ccc(F)cc3)s2)c1. The molecule has 1 saturated heterocycles. The molecule has 0 spiro atoms. The average Bonchev–Trinajstić information content (AvgIpc) is 3.70. The van der Waals surface area contributed by atoms with E-state index in [0.29, 0.717) is 33.4 Å². The maximum Gasteiger partial charge on any atom is 0.301 e. The van der Waals surface area contributed by atoms with E-state index in [0.717, 1.165) is 28.2 Å². The van der Waals surface area contributed by atoms with Gasteiger partial charge in [-0.25, -0.2) is 4.39 Å². The van der Waals surface area contributed by atoms with Crippen molar-refractivity contribution in [2.45, 2.75) is 35.6 Å². The molecule has 1 fully saturated rings. The van der Waals surface area contributed by atoms with Crippen molar-refractivity contribution in [3.05, 3.63) is 113 Å². The highest BCUT2D eigenvalue weighted by molar-refractivity contribution is 8.00. The van der Waals surface area contributed by atoms with Gasteiger partial charge in [0, 0.05) is 17.7 Å². The molecule has 4 aromatic rings. The summed E-state index contributed by atoms with van der Waals surface area (Å²) in [7, 11) is 0. The molecule has 3 aromatic carbocycles. The van der Waals surface area contributed by atoms with E-state index >= 15 is 0 Å². The molecule has 2 aliphatic rings. The lowest BCUT2D eigenvalue weighted by atomic mass is 9.94. The van der Waals surface area contributed by atoms with Gasteiger partial charge in [-0.2, -0.15) is 0 Å². The Morgan fingerprint density at radius 2 is 2.00 bits per heavy atom. The number of ketones is 1. The normalized spacial score (nSPS) is 18.9. The fraction of sp³-hybridized carbons (Fsp3) is 0.188. The predicted molar refractivity (Wildman–Crippen MR) is 163 cm³/mol. The minimum Gasteiger partial charge on any atom is -0.507 e. The van der Waals surface area contributed by atoms with Crippen LogP contribution in [0.1, 0.15) is 35.2 Å². The van der Waals surface area contributed by atoms with Crippen LogP contribution in [0.2, 0.25) is 0 Å². The topological polar surface area (TPSA) is 102 Å². The molecule has 11 heteroatoms. The maximum atomic E-state index is 13.6. The zero-order valence-corrected chi connectivity index (χ0v) is 24.7. The van der Waals surface area contributed by atoms with Crippen LogP contribution in [0.5, 0.6) is 11.5 Å². The smallest absolute Gasteiger partial charge is 0.301 e. The minimum absolute atomic E-state index is 0.00353. The van der Waals surface area contributed by atoms with Gasteiger partial charge in [-0.05, 0) is 66.1 Å². The highest BCUT2D eigenvalue weighted by Crippen LogP contribution is 2.45. The number of ether oxygens (including phenoxy) is 2. The van der Waals surface area contributed by atoms with Crippen molar-refractivity contribution in [3.63, 3.8) is 0 Å².